The molecule has 1 aromatic rings. The molecular formula is C16H24FNO2. The lowest BCUT2D eigenvalue weighted by atomic mass is 10.1. The Kier molecular flexibility index (Phi) is 6.27. The summed E-state index contributed by atoms with van der Waals surface area (Å²) in [6.45, 7) is 2.62. The van der Waals surface area contributed by atoms with Crippen LogP contribution in [0.3, 0.4) is 0 Å². The molecule has 0 saturated heterocycles. The Morgan fingerprint density at radius 1 is 1.30 bits per heavy atom. The normalized spacial score (nSPS) is 15.7. The molecule has 1 fully saturated rings. The first-order valence-corrected chi connectivity index (χ1v) is 7.41. The summed E-state index contributed by atoms with van der Waals surface area (Å²) in [5.41, 5.74) is 0.874. The molecule has 0 radical (unpaired) electrons. The lowest BCUT2D eigenvalue weighted by molar-refractivity contribution is 0.198. The number of para-hydroxylation sites is 1. The van der Waals surface area contributed by atoms with Gasteiger partial charge in [-0.15, -0.1) is 0 Å². The summed E-state index contributed by atoms with van der Waals surface area (Å²) in [7, 11) is 1.67. The topological polar surface area (TPSA) is 30.5 Å². The van der Waals surface area contributed by atoms with Gasteiger partial charge in [0.1, 0.15) is 0 Å². The first-order valence-electron chi connectivity index (χ1n) is 7.41. The van der Waals surface area contributed by atoms with E-state index in [2.05, 4.69) is 5.32 Å². The summed E-state index contributed by atoms with van der Waals surface area (Å²) in [4.78, 5) is 0. The molecule has 1 aliphatic carbocycles. The van der Waals surface area contributed by atoms with Crippen LogP contribution in [-0.2, 0) is 11.3 Å². The molecule has 0 bridgehead atoms. The molecule has 3 nitrogen and oxygen atoms in total. The molecular weight excluding hydrogens is 257 g/mol. The van der Waals surface area contributed by atoms with E-state index in [-0.39, 0.29) is 5.82 Å². The van der Waals surface area contributed by atoms with Crippen molar-refractivity contribution in [3.05, 3.63) is 29.6 Å². The van der Waals surface area contributed by atoms with E-state index >= 15 is 0 Å². The summed E-state index contributed by atoms with van der Waals surface area (Å²) < 4.78 is 24.7. The van der Waals surface area contributed by atoms with E-state index in [1.165, 1.54) is 31.7 Å². The fourth-order valence-electron chi connectivity index (χ4n) is 2.63. The molecule has 0 heterocycles. The second-order valence-electron chi connectivity index (χ2n) is 5.36. The number of rotatable bonds is 8. The third kappa shape index (κ3) is 4.46. The average molecular weight is 281 g/mol. The van der Waals surface area contributed by atoms with Gasteiger partial charge in [-0.2, -0.15) is 0 Å². The first kappa shape index (κ1) is 15.3. The van der Waals surface area contributed by atoms with E-state index in [1.54, 1.807) is 13.2 Å². The number of methoxy groups -OCH3 is 1. The molecule has 112 valence electrons. The van der Waals surface area contributed by atoms with Crippen LogP contribution < -0.4 is 10.1 Å². The highest BCUT2D eigenvalue weighted by Gasteiger charge is 2.17. The lowest BCUT2D eigenvalue weighted by Gasteiger charge is -2.15. The lowest BCUT2D eigenvalue weighted by Crippen LogP contribution is -2.19. The van der Waals surface area contributed by atoms with Crippen LogP contribution in [0, 0.1) is 11.7 Å². The predicted octanol–water partition coefficient (Wildman–Crippen LogP) is 3.13. The third-order valence-corrected chi connectivity index (χ3v) is 3.79. The molecule has 0 unspecified atom stereocenters. The van der Waals surface area contributed by atoms with Crippen molar-refractivity contribution >= 4 is 0 Å². The van der Waals surface area contributed by atoms with Gasteiger partial charge in [0, 0.05) is 25.8 Å². The predicted molar refractivity (Wildman–Crippen MR) is 77.4 cm³/mol. The highest BCUT2D eigenvalue weighted by atomic mass is 19.1. The summed E-state index contributed by atoms with van der Waals surface area (Å²) in [5.74, 6) is 0.724. The molecule has 0 atom stereocenters. The monoisotopic (exact) mass is 281 g/mol. The van der Waals surface area contributed by atoms with Crippen molar-refractivity contribution in [2.75, 3.05) is 26.9 Å². The van der Waals surface area contributed by atoms with Crippen molar-refractivity contribution in [3.8, 4) is 5.75 Å². The zero-order valence-corrected chi connectivity index (χ0v) is 12.2. The van der Waals surface area contributed by atoms with E-state index in [9.17, 15) is 4.39 Å². The van der Waals surface area contributed by atoms with Crippen molar-refractivity contribution in [2.45, 2.75) is 32.2 Å². The Hall–Kier alpha value is -1.13. The van der Waals surface area contributed by atoms with Crippen molar-refractivity contribution in [1.82, 2.24) is 5.32 Å². The van der Waals surface area contributed by atoms with Crippen LogP contribution in [0.1, 0.15) is 31.2 Å². The van der Waals surface area contributed by atoms with Crippen molar-refractivity contribution in [1.29, 1.82) is 0 Å². The Morgan fingerprint density at radius 2 is 2.10 bits per heavy atom. The van der Waals surface area contributed by atoms with E-state index < -0.39 is 0 Å². The molecule has 1 saturated carbocycles. The molecule has 1 aliphatic rings. The minimum atomic E-state index is -0.269. The standard InChI is InChI=1S/C16H24FNO2/c1-19-10-9-18-11-14-7-4-8-15(17)16(14)20-12-13-5-2-3-6-13/h4,7-8,13,18H,2-3,5-6,9-12H2,1H3. The second-order valence-corrected chi connectivity index (χ2v) is 5.36. The Bertz CT molecular complexity index is 405. The number of benzene rings is 1. The highest BCUT2D eigenvalue weighted by molar-refractivity contribution is 5.34. The van der Waals surface area contributed by atoms with E-state index in [0.717, 1.165) is 12.1 Å². The molecule has 0 amide bonds. The van der Waals surface area contributed by atoms with Gasteiger partial charge >= 0.3 is 0 Å². The van der Waals surface area contributed by atoms with E-state index in [4.69, 9.17) is 9.47 Å². The zero-order valence-electron chi connectivity index (χ0n) is 12.2. The largest absolute Gasteiger partial charge is 0.490 e. The number of hydrogen-bond donors (Lipinski definition) is 1. The molecule has 0 aromatic heterocycles. The maximum Gasteiger partial charge on any atom is 0.165 e. The van der Waals surface area contributed by atoms with Crippen molar-refractivity contribution in [3.63, 3.8) is 0 Å². The van der Waals surface area contributed by atoms with Gasteiger partial charge in [0.25, 0.3) is 0 Å². The van der Waals surface area contributed by atoms with Gasteiger partial charge in [0.15, 0.2) is 11.6 Å². The van der Waals surface area contributed by atoms with Crippen LogP contribution in [0.25, 0.3) is 0 Å². The van der Waals surface area contributed by atoms with Gasteiger partial charge in [-0.1, -0.05) is 25.0 Å². The minimum Gasteiger partial charge on any atom is -0.490 e. The molecule has 20 heavy (non-hydrogen) atoms. The van der Waals surface area contributed by atoms with Crippen LogP contribution >= 0.6 is 0 Å². The highest BCUT2D eigenvalue weighted by Crippen LogP contribution is 2.28. The molecule has 4 heteroatoms. The van der Waals surface area contributed by atoms with Crippen LogP contribution in [0.15, 0.2) is 18.2 Å². The third-order valence-electron chi connectivity index (χ3n) is 3.79. The Labute approximate surface area is 120 Å². The number of halogens is 1. The average Bonchev–Trinajstić information content (AvgIpc) is 2.96. The molecule has 1 aromatic carbocycles. The van der Waals surface area contributed by atoms with Crippen molar-refractivity contribution in [2.24, 2.45) is 5.92 Å². The van der Waals surface area contributed by atoms with Crippen LogP contribution in [0.4, 0.5) is 4.39 Å². The van der Waals surface area contributed by atoms with Gasteiger partial charge < -0.3 is 14.8 Å². The van der Waals surface area contributed by atoms with Gasteiger partial charge in [-0.25, -0.2) is 4.39 Å². The summed E-state index contributed by atoms with van der Waals surface area (Å²) >= 11 is 0. The molecule has 2 rings (SSSR count). The fraction of sp³-hybridized carbons (Fsp3) is 0.625. The van der Waals surface area contributed by atoms with E-state index in [0.29, 0.717) is 31.4 Å². The smallest absolute Gasteiger partial charge is 0.165 e. The summed E-state index contributed by atoms with van der Waals surface area (Å²) in [5, 5.41) is 3.23. The van der Waals surface area contributed by atoms with Crippen LogP contribution in [-0.4, -0.2) is 26.9 Å². The van der Waals surface area contributed by atoms with Crippen LogP contribution in [0.5, 0.6) is 5.75 Å². The zero-order chi connectivity index (χ0) is 14.2. The van der Waals surface area contributed by atoms with Gasteiger partial charge in [-0.05, 0) is 24.8 Å². The van der Waals surface area contributed by atoms with Crippen LogP contribution in [0.2, 0.25) is 0 Å². The minimum absolute atomic E-state index is 0.269. The van der Waals surface area contributed by atoms with Gasteiger partial charge in [-0.3, -0.25) is 0 Å². The first-order chi connectivity index (χ1) is 9.81. The summed E-state index contributed by atoms with van der Waals surface area (Å²) in [6.07, 6.45) is 4.96. The summed E-state index contributed by atoms with van der Waals surface area (Å²) in [6, 6.07) is 5.10. The molecule has 0 aliphatic heterocycles. The maximum absolute atomic E-state index is 13.9. The van der Waals surface area contributed by atoms with Gasteiger partial charge in [0.05, 0.1) is 13.2 Å². The van der Waals surface area contributed by atoms with E-state index in [1.807, 2.05) is 6.07 Å². The number of hydrogen-bond acceptors (Lipinski definition) is 3. The fourth-order valence-corrected chi connectivity index (χ4v) is 2.63. The van der Waals surface area contributed by atoms with Crippen molar-refractivity contribution < 1.29 is 13.9 Å². The maximum atomic E-state index is 13.9. The number of ether oxygens (including phenoxy) is 2. The number of nitrogens with one attached hydrogen (secondary N) is 1. The molecule has 0 spiro atoms. The SMILES string of the molecule is COCCNCc1cccc(F)c1OCC1CCCC1. The quantitative estimate of drug-likeness (QED) is 0.743. The Morgan fingerprint density at radius 3 is 2.85 bits per heavy atom. The molecule has 1 N–H and O–H groups in total. The van der Waals surface area contributed by atoms with Gasteiger partial charge in [0.2, 0.25) is 0 Å². The second kappa shape index (κ2) is 8.22. The Balaban J connectivity index is 1.90.